The van der Waals surface area contributed by atoms with E-state index in [0.717, 1.165) is 31.2 Å². The lowest BCUT2D eigenvalue weighted by molar-refractivity contribution is -0.274. The van der Waals surface area contributed by atoms with Crippen molar-refractivity contribution >= 4 is 5.91 Å². The van der Waals surface area contributed by atoms with Crippen molar-refractivity contribution in [2.75, 3.05) is 6.54 Å². The zero-order valence-electron chi connectivity index (χ0n) is 12.6. The van der Waals surface area contributed by atoms with Crippen LogP contribution in [0.15, 0.2) is 24.3 Å². The van der Waals surface area contributed by atoms with Crippen molar-refractivity contribution in [3.8, 4) is 5.75 Å². The standard InChI is InChI=1S/C16H19F3N2O2/c17-16(18,19)23-13-3-1-11(2-4-13)7-10-20-14(22)15-8-5-12(21-15)6-9-15/h1-4,12,21H,5-10H2,(H,20,22). The van der Waals surface area contributed by atoms with E-state index in [2.05, 4.69) is 15.4 Å². The Bertz CT molecular complexity index is 564. The summed E-state index contributed by atoms with van der Waals surface area (Å²) >= 11 is 0. The summed E-state index contributed by atoms with van der Waals surface area (Å²) in [5.74, 6) is -0.203. The summed E-state index contributed by atoms with van der Waals surface area (Å²) in [6, 6.07) is 6.19. The molecule has 0 saturated carbocycles. The van der Waals surface area contributed by atoms with Crippen molar-refractivity contribution in [2.24, 2.45) is 0 Å². The number of alkyl halides is 3. The van der Waals surface area contributed by atoms with Crippen molar-refractivity contribution in [1.29, 1.82) is 0 Å². The third kappa shape index (κ3) is 3.77. The fourth-order valence-corrected chi connectivity index (χ4v) is 3.43. The first-order chi connectivity index (χ1) is 10.9. The van der Waals surface area contributed by atoms with Crippen LogP contribution < -0.4 is 15.4 Å². The maximum absolute atomic E-state index is 12.3. The molecule has 7 heteroatoms. The lowest BCUT2D eigenvalue weighted by Gasteiger charge is -2.24. The van der Waals surface area contributed by atoms with Gasteiger partial charge in [0.2, 0.25) is 5.91 Å². The van der Waals surface area contributed by atoms with Crippen molar-refractivity contribution < 1.29 is 22.7 Å². The molecule has 2 aliphatic heterocycles. The Morgan fingerprint density at radius 2 is 1.91 bits per heavy atom. The van der Waals surface area contributed by atoms with E-state index in [4.69, 9.17) is 0 Å². The first kappa shape index (κ1) is 16.1. The van der Waals surface area contributed by atoms with Gasteiger partial charge in [-0.15, -0.1) is 13.2 Å². The predicted molar refractivity (Wildman–Crippen MR) is 78.0 cm³/mol. The van der Waals surface area contributed by atoms with E-state index in [1.807, 2.05) is 0 Å². The number of halogens is 3. The lowest BCUT2D eigenvalue weighted by Crippen LogP contribution is -2.51. The van der Waals surface area contributed by atoms with E-state index in [0.29, 0.717) is 19.0 Å². The number of amides is 1. The quantitative estimate of drug-likeness (QED) is 0.873. The summed E-state index contributed by atoms with van der Waals surface area (Å²) in [6.07, 6.45) is -0.248. The van der Waals surface area contributed by atoms with E-state index >= 15 is 0 Å². The summed E-state index contributed by atoms with van der Waals surface area (Å²) in [7, 11) is 0. The Morgan fingerprint density at radius 3 is 2.43 bits per heavy atom. The number of ether oxygens (including phenoxy) is 1. The third-order valence-electron chi connectivity index (χ3n) is 4.61. The van der Waals surface area contributed by atoms with Gasteiger partial charge in [0.25, 0.3) is 0 Å². The maximum Gasteiger partial charge on any atom is 0.573 e. The van der Waals surface area contributed by atoms with Gasteiger partial charge >= 0.3 is 6.36 Å². The van der Waals surface area contributed by atoms with E-state index in [-0.39, 0.29) is 11.7 Å². The van der Waals surface area contributed by atoms with E-state index in [1.165, 1.54) is 12.1 Å². The molecule has 0 aromatic heterocycles. The fourth-order valence-electron chi connectivity index (χ4n) is 3.43. The molecule has 0 unspecified atom stereocenters. The molecule has 1 aromatic rings. The van der Waals surface area contributed by atoms with Gasteiger partial charge in [-0.2, -0.15) is 0 Å². The van der Waals surface area contributed by atoms with Crippen LogP contribution in [0.4, 0.5) is 13.2 Å². The molecule has 2 bridgehead atoms. The lowest BCUT2D eigenvalue weighted by atomic mass is 9.87. The second-order valence-electron chi connectivity index (χ2n) is 6.20. The van der Waals surface area contributed by atoms with Crippen LogP contribution in [0.2, 0.25) is 0 Å². The average molecular weight is 328 g/mol. The van der Waals surface area contributed by atoms with Gasteiger partial charge in [0, 0.05) is 12.6 Å². The second kappa shape index (κ2) is 6.03. The smallest absolute Gasteiger partial charge is 0.406 e. The molecule has 2 aliphatic rings. The number of hydrogen-bond donors (Lipinski definition) is 2. The Labute approximate surface area is 132 Å². The predicted octanol–water partition coefficient (Wildman–Crippen LogP) is 2.53. The summed E-state index contributed by atoms with van der Waals surface area (Å²) in [5.41, 5.74) is 0.454. The van der Waals surface area contributed by atoms with E-state index in [1.54, 1.807) is 12.1 Å². The van der Waals surface area contributed by atoms with Crippen LogP contribution in [0.3, 0.4) is 0 Å². The first-order valence-corrected chi connectivity index (χ1v) is 7.77. The molecule has 0 radical (unpaired) electrons. The molecule has 2 heterocycles. The van der Waals surface area contributed by atoms with Gasteiger partial charge < -0.3 is 15.4 Å². The van der Waals surface area contributed by atoms with Crippen LogP contribution in [-0.4, -0.2) is 30.4 Å². The minimum Gasteiger partial charge on any atom is -0.406 e. The van der Waals surface area contributed by atoms with Crippen LogP contribution in [0.1, 0.15) is 31.2 Å². The van der Waals surface area contributed by atoms with Gasteiger partial charge in [0.15, 0.2) is 0 Å². The summed E-state index contributed by atoms with van der Waals surface area (Å²) in [5, 5.41) is 6.32. The van der Waals surface area contributed by atoms with Crippen molar-refractivity contribution in [3.63, 3.8) is 0 Å². The van der Waals surface area contributed by atoms with Crippen LogP contribution in [0, 0.1) is 0 Å². The Morgan fingerprint density at radius 1 is 1.26 bits per heavy atom. The molecule has 0 aliphatic carbocycles. The molecule has 4 nitrogen and oxygen atoms in total. The molecule has 2 fully saturated rings. The van der Waals surface area contributed by atoms with Gasteiger partial charge in [-0.05, 0) is 49.8 Å². The normalized spacial score (nSPS) is 26.3. The summed E-state index contributed by atoms with van der Waals surface area (Å²) in [6.45, 7) is 0.465. The minimum atomic E-state index is -4.68. The zero-order valence-corrected chi connectivity index (χ0v) is 12.6. The SMILES string of the molecule is O=C(NCCc1ccc(OC(F)(F)F)cc1)C12CCC(CC1)N2. The Balaban J connectivity index is 1.46. The van der Waals surface area contributed by atoms with Crippen LogP contribution in [0.25, 0.3) is 0 Å². The number of carbonyl (C=O) groups excluding carboxylic acids is 1. The summed E-state index contributed by atoms with van der Waals surface area (Å²) in [4.78, 5) is 12.3. The first-order valence-electron chi connectivity index (χ1n) is 7.77. The zero-order chi connectivity index (χ0) is 16.5. The molecule has 3 rings (SSSR count). The number of benzene rings is 1. The number of carbonyl (C=O) groups is 1. The highest BCUT2D eigenvalue weighted by Crippen LogP contribution is 2.37. The molecule has 2 N–H and O–H groups in total. The molecule has 126 valence electrons. The van der Waals surface area contributed by atoms with Gasteiger partial charge in [0.1, 0.15) is 5.75 Å². The molecule has 2 saturated heterocycles. The molecular formula is C16H19F3N2O2. The second-order valence-corrected chi connectivity index (χ2v) is 6.20. The molecule has 0 spiro atoms. The molecular weight excluding hydrogens is 309 g/mol. The van der Waals surface area contributed by atoms with E-state index < -0.39 is 11.9 Å². The Kier molecular flexibility index (Phi) is 4.23. The largest absolute Gasteiger partial charge is 0.573 e. The van der Waals surface area contributed by atoms with Gasteiger partial charge in [-0.25, -0.2) is 0 Å². The number of fused-ring (bicyclic) bond motifs is 2. The van der Waals surface area contributed by atoms with Crippen LogP contribution in [0.5, 0.6) is 5.75 Å². The third-order valence-corrected chi connectivity index (χ3v) is 4.61. The molecule has 1 aromatic carbocycles. The number of hydrogen-bond acceptors (Lipinski definition) is 3. The van der Waals surface area contributed by atoms with Crippen molar-refractivity contribution in [1.82, 2.24) is 10.6 Å². The molecule has 23 heavy (non-hydrogen) atoms. The van der Waals surface area contributed by atoms with Crippen molar-refractivity contribution in [2.45, 2.75) is 50.0 Å². The summed E-state index contributed by atoms with van der Waals surface area (Å²) < 4.78 is 40.1. The van der Waals surface area contributed by atoms with Gasteiger partial charge in [0.05, 0.1) is 5.54 Å². The van der Waals surface area contributed by atoms with Gasteiger partial charge in [-0.3, -0.25) is 4.79 Å². The van der Waals surface area contributed by atoms with Gasteiger partial charge in [-0.1, -0.05) is 12.1 Å². The number of rotatable bonds is 5. The molecule has 1 amide bonds. The number of nitrogens with one attached hydrogen (secondary N) is 2. The van der Waals surface area contributed by atoms with Crippen LogP contribution in [-0.2, 0) is 11.2 Å². The highest BCUT2D eigenvalue weighted by molar-refractivity contribution is 5.87. The minimum absolute atomic E-state index is 0.0366. The fraction of sp³-hybridized carbons (Fsp3) is 0.562. The molecule has 0 atom stereocenters. The average Bonchev–Trinajstić information content (AvgIpc) is 3.09. The monoisotopic (exact) mass is 328 g/mol. The highest BCUT2D eigenvalue weighted by atomic mass is 19.4. The maximum atomic E-state index is 12.3. The van der Waals surface area contributed by atoms with Crippen molar-refractivity contribution in [3.05, 3.63) is 29.8 Å². The highest BCUT2D eigenvalue weighted by Gasteiger charge is 2.49. The van der Waals surface area contributed by atoms with E-state index in [9.17, 15) is 18.0 Å². The topological polar surface area (TPSA) is 50.4 Å². The Hall–Kier alpha value is -1.76. The van der Waals surface area contributed by atoms with Crippen LogP contribution >= 0.6 is 0 Å².